The van der Waals surface area contributed by atoms with Crippen molar-refractivity contribution in [3.63, 3.8) is 0 Å². The van der Waals surface area contributed by atoms with Crippen molar-refractivity contribution in [3.8, 4) is 0 Å². The summed E-state index contributed by atoms with van der Waals surface area (Å²) in [7, 11) is 1.81. The molecule has 39 heavy (non-hydrogen) atoms. The Balaban J connectivity index is 0.00000420. The van der Waals surface area contributed by atoms with Gasteiger partial charge in [-0.05, 0) is 61.1 Å². The summed E-state index contributed by atoms with van der Waals surface area (Å²) in [5.41, 5.74) is 6.29. The quantitative estimate of drug-likeness (QED) is 0.420. The highest BCUT2D eigenvalue weighted by Crippen LogP contribution is 2.34. The Morgan fingerprint density at radius 1 is 0.974 bits per heavy atom. The zero-order valence-corrected chi connectivity index (χ0v) is 24.5. The van der Waals surface area contributed by atoms with Gasteiger partial charge in [0.1, 0.15) is 0 Å². The Morgan fingerprint density at radius 2 is 1.67 bits per heavy atom. The molecule has 0 radical (unpaired) electrons. The number of nitrogens with zero attached hydrogens (tertiary/aromatic N) is 4. The van der Waals surface area contributed by atoms with Crippen molar-refractivity contribution < 1.29 is 14.4 Å². The summed E-state index contributed by atoms with van der Waals surface area (Å²) >= 11 is 0. The van der Waals surface area contributed by atoms with Gasteiger partial charge in [-0.2, -0.15) is 0 Å². The van der Waals surface area contributed by atoms with Crippen molar-refractivity contribution in [2.24, 2.45) is 0 Å². The second-order valence-corrected chi connectivity index (χ2v) is 10.3. The molecule has 4 rings (SSSR count). The molecule has 0 aromatic heterocycles. The van der Waals surface area contributed by atoms with E-state index in [1.807, 2.05) is 53.9 Å². The molecule has 2 aliphatic heterocycles. The van der Waals surface area contributed by atoms with Crippen LogP contribution in [0.3, 0.4) is 0 Å². The molecule has 9 heteroatoms. The van der Waals surface area contributed by atoms with Gasteiger partial charge < -0.3 is 15.1 Å². The van der Waals surface area contributed by atoms with E-state index in [9.17, 15) is 14.4 Å². The number of carbonyl (C=O) groups excluding carboxylic acids is 3. The first kappa shape index (κ1) is 30.4. The molecule has 0 aliphatic carbocycles. The van der Waals surface area contributed by atoms with Gasteiger partial charge in [0, 0.05) is 51.0 Å². The number of rotatable bonds is 11. The molecule has 212 valence electrons. The Labute approximate surface area is 238 Å². The molecule has 2 aromatic carbocycles. The summed E-state index contributed by atoms with van der Waals surface area (Å²) in [6, 6.07) is 12.4. The van der Waals surface area contributed by atoms with Gasteiger partial charge in [0.05, 0.1) is 13.1 Å². The van der Waals surface area contributed by atoms with E-state index in [2.05, 4.69) is 30.4 Å². The van der Waals surface area contributed by atoms with Crippen LogP contribution in [0.25, 0.3) is 0 Å². The van der Waals surface area contributed by atoms with Crippen molar-refractivity contribution in [2.75, 3.05) is 43.0 Å². The predicted molar refractivity (Wildman–Crippen MR) is 158 cm³/mol. The lowest BCUT2D eigenvalue weighted by atomic mass is 9.97. The molecule has 2 aliphatic rings. The average Bonchev–Trinajstić information content (AvgIpc) is 3.34. The summed E-state index contributed by atoms with van der Waals surface area (Å²) < 4.78 is 0. The van der Waals surface area contributed by atoms with E-state index in [0.717, 1.165) is 41.8 Å². The first-order chi connectivity index (χ1) is 18.3. The standard InChI is InChI=1S/C30H41N5O3.ClH/c1-5-7-10-15-31-28(36)20-33(21-30(38)32(4)34-18-24-11-8-9-12-25(24)19-34)26-17-23-13-14-29(37)35(6-2)27(23)16-22(26)3;/h8-9,11-12,16-17H,5-7,10,13-15,18-21H2,1-4H3,(H,31,36);1H. The lowest BCUT2D eigenvalue weighted by Crippen LogP contribution is -2.48. The third-order valence-electron chi connectivity index (χ3n) is 7.63. The number of amides is 3. The Bertz CT molecular complexity index is 1160. The van der Waals surface area contributed by atoms with Crippen LogP contribution in [0.15, 0.2) is 36.4 Å². The van der Waals surface area contributed by atoms with E-state index in [0.29, 0.717) is 39.0 Å². The fourth-order valence-electron chi connectivity index (χ4n) is 5.38. The van der Waals surface area contributed by atoms with E-state index in [1.54, 1.807) is 5.01 Å². The lowest BCUT2D eigenvalue weighted by Gasteiger charge is -2.34. The number of hydrogen-bond acceptors (Lipinski definition) is 5. The summed E-state index contributed by atoms with van der Waals surface area (Å²) in [5, 5.41) is 6.76. The molecular formula is C30H42ClN5O3. The summed E-state index contributed by atoms with van der Waals surface area (Å²) in [4.78, 5) is 42.7. The van der Waals surface area contributed by atoms with E-state index < -0.39 is 0 Å². The van der Waals surface area contributed by atoms with Crippen LogP contribution in [0, 0.1) is 6.92 Å². The minimum absolute atomic E-state index is 0. The van der Waals surface area contributed by atoms with Crippen molar-refractivity contribution in [1.82, 2.24) is 15.3 Å². The van der Waals surface area contributed by atoms with Gasteiger partial charge in [-0.3, -0.25) is 19.4 Å². The highest BCUT2D eigenvalue weighted by atomic mass is 35.5. The molecule has 2 heterocycles. The number of halogens is 1. The minimum atomic E-state index is -0.0902. The summed E-state index contributed by atoms with van der Waals surface area (Å²) in [6.07, 6.45) is 4.24. The van der Waals surface area contributed by atoms with Crippen LogP contribution in [0.4, 0.5) is 11.4 Å². The number of benzene rings is 2. The van der Waals surface area contributed by atoms with Crippen molar-refractivity contribution in [1.29, 1.82) is 0 Å². The molecule has 3 amide bonds. The number of unbranched alkanes of at least 4 members (excludes halogenated alkanes) is 2. The van der Waals surface area contributed by atoms with Crippen molar-refractivity contribution in [3.05, 3.63) is 58.7 Å². The van der Waals surface area contributed by atoms with E-state index in [1.165, 1.54) is 11.1 Å². The minimum Gasteiger partial charge on any atom is -0.355 e. The zero-order chi connectivity index (χ0) is 27.2. The lowest BCUT2D eigenvalue weighted by molar-refractivity contribution is -0.145. The highest BCUT2D eigenvalue weighted by molar-refractivity contribution is 5.97. The fraction of sp³-hybridized carbons (Fsp3) is 0.500. The van der Waals surface area contributed by atoms with Crippen LogP contribution < -0.4 is 15.1 Å². The zero-order valence-electron chi connectivity index (χ0n) is 23.7. The second-order valence-electron chi connectivity index (χ2n) is 10.3. The molecule has 8 nitrogen and oxygen atoms in total. The van der Waals surface area contributed by atoms with Gasteiger partial charge in [0.25, 0.3) is 5.91 Å². The summed E-state index contributed by atoms with van der Waals surface area (Å²) in [5.74, 6) is -0.0226. The average molecular weight is 556 g/mol. The molecule has 0 unspecified atom stereocenters. The molecule has 0 atom stereocenters. The molecule has 1 N–H and O–H groups in total. The van der Waals surface area contributed by atoms with Crippen LogP contribution in [-0.4, -0.2) is 61.0 Å². The first-order valence-corrected chi connectivity index (χ1v) is 13.9. The summed E-state index contributed by atoms with van der Waals surface area (Å²) in [6.45, 7) is 8.92. The highest BCUT2D eigenvalue weighted by Gasteiger charge is 2.29. The number of aryl methyl sites for hydroxylation is 2. The fourth-order valence-corrected chi connectivity index (χ4v) is 5.38. The number of carbonyl (C=O) groups is 3. The van der Waals surface area contributed by atoms with E-state index in [4.69, 9.17) is 0 Å². The third kappa shape index (κ3) is 7.11. The monoisotopic (exact) mass is 555 g/mol. The maximum absolute atomic E-state index is 13.5. The predicted octanol–water partition coefficient (Wildman–Crippen LogP) is 4.22. The largest absolute Gasteiger partial charge is 0.355 e. The van der Waals surface area contributed by atoms with Crippen LogP contribution >= 0.6 is 12.4 Å². The number of nitrogens with one attached hydrogen (secondary N) is 1. The Hall–Kier alpha value is -3.10. The van der Waals surface area contributed by atoms with Crippen LogP contribution in [0.5, 0.6) is 0 Å². The van der Waals surface area contributed by atoms with Crippen LogP contribution in [-0.2, 0) is 33.9 Å². The normalized spacial score (nSPS) is 14.4. The van der Waals surface area contributed by atoms with E-state index >= 15 is 0 Å². The SMILES string of the molecule is CCCCCNC(=O)CN(CC(=O)N(C)N1Cc2ccccc2C1)c1cc2c(cc1C)N(CC)C(=O)CC2.Cl. The maximum Gasteiger partial charge on any atom is 0.256 e. The van der Waals surface area contributed by atoms with Gasteiger partial charge in [0.2, 0.25) is 11.8 Å². The van der Waals surface area contributed by atoms with Crippen LogP contribution in [0.2, 0.25) is 0 Å². The van der Waals surface area contributed by atoms with Gasteiger partial charge in [-0.1, -0.05) is 44.0 Å². The smallest absolute Gasteiger partial charge is 0.256 e. The molecule has 0 spiro atoms. The molecule has 0 saturated heterocycles. The van der Waals surface area contributed by atoms with Crippen molar-refractivity contribution in [2.45, 2.75) is 66.0 Å². The van der Waals surface area contributed by atoms with Crippen LogP contribution in [0.1, 0.15) is 61.8 Å². The number of hydrazine groups is 1. The van der Waals surface area contributed by atoms with Gasteiger partial charge in [-0.25, -0.2) is 5.01 Å². The third-order valence-corrected chi connectivity index (χ3v) is 7.63. The Morgan fingerprint density at radius 3 is 2.31 bits per heavy atom. The molecule has 0 saturated carbocycles. The molecular weight excluding hydrogens is 514 g/mol. The first-order valence-electron chi connectivity index (χ1n) is 13.9. The maximum atomic E-state index is 13.5. The van der Waals surface area contributed by atoms with Crippen molar-refractivity contribution >= 4 is 41.5 Å². The number of anilines is 2. The molecule has 0 bridgehead atoms. The Kier molecular flexibility index (Phi) is 10.8. The van der Waals surface area contributed by atoms with Gasteiger partial charge in [0.15, 0.2) is 0 Å². The topological polar surface area (TPSA) is 76.2 Å². The molecule has 2 aromatic rings. The molecule has 0 fully saturated rings. The van der Waals surface area contributed by atoms with E-state index in [-0.39, 0.29) is 43.2 Å². The second kappa shape index (κ2) is 13.8. The number of hydrogen-bond donors (Lipinski definition) is 1. The van der Waals surface area contributed by atoms with Gasteiger partial charge in [-0.15, -0.1) is 12.4 Å². The van der Waals surface area contributed by atoms with Gasteiger partial charge >= 0.3 is 0 Å². The number of fused-ring (bicyclic) bond motifs is 2. The number of likely N-dealkylation sites (N-methyl/N-ethyl adjacent to an activating group) is 1.